The maximum atomic E-state index is 14.2. The third kappa shape index (κ3) is 22.2. The predicted octanol–water partition coefficient (Wildman–Crippen LogP) is 23.3. The summed E-state index contributed by atoms with van der Waals surface area (Å²) in [6.45, 7) is 15.1. The van der Waals surface area contributed by atoms with Crippen molar-refractivity contribution < 1.29 is 44.4 Å². The van der Waals surface area contributed by atoms with Gasteiger partial charge < -0.3 is 59.4 Å². The molecule has 0 atom stereocenters. The molecular formula is C113H114N11O9P. The van der Waals surface area contributed by atoms with Crippen molar-refractivity contribution in [1.29, 1.82) is 0 Å². The number of nitrogens with one attached hydrogen (secondary N) is 2. The number of imidazole rings is 4. The summed E-state index contributed by atoms with van der Waals surface area (Å²) in [5.74, 6) is 3.97. The van der Waals surface area contributed by atoms with Crippen molar-refractivity contribution in [2.24, 2.45) is 7.05 Å². The minimum atomic E-state index is -4.35. The van der Waals surface area contributed by atoms with Gasteiger partial charge in [0.15, 0.2) is 0 Å². The molecule has 0 unspecified atom stereocenters. The number of rotatable bonds is 24. The van der Waals surface area contributed by atoms with Crippen LogP contribution in [0.3, 0.4) is 0 Å². The van der Waals surface area contributed by atoms with Gasteiger partial charge >= 0.3 is 7.60 Å². The zero-order valence-corrected chi connectivity index (χ0v) is 79.3. The van der Waals surface area contributed by atoms with Gasteiger partial charge in [-0.2, -0.15) is 0 Å². The second-order valence-electron chi connectivity index (χ2n) is 34.7. The van der Waals surface area contributed by atoms with Crippen LogP contribution in [0.15, 0.2) is 291 Å². The van der Waals surface area contributed by atoms with Crippen LogP contribution in [0.4, 0.5) is 17.1 Å². The molecule has 680 valence electrons. The number of carbonyl (C=O) groups excluding carboxylic acids is 2. The largest absolute Gasteiger partial charge is 0.507 e. The van der Waals surface area contributed by atoms with Crippen molar-refractivity contribution in [2.75, 3.05) is 57.0 Å². The van der Waals surface area contributed by atoms with Crippen LogP contribution in [0, 0.1) is 55.4 Å². The standard InChI is InChI=1S/C34H33N3O2.C28H31N3O.C27H29N3O.C24H21N2O5P/c1-23-21-28(22-24(2)32(23)38)33-35-30(20-15-25-11-7-5-8-12-25)31(26-16-18-29(19-17-26)36(3)4)37(33)34(39)27-13-9-6-10-14-27;1-19-17-23(18-20(2)27(19)32)28-29-25(16-11-21-9-7-6-8-10-21)26(31(28)5)22-12-14-24(15-13-22)30(3)4;1-18-16-22(17-19(2)26(18)31)27-28-24(15-10-20-8-6-5-7-9-20)25(29-27)21-11-13-23(14-12-21)30(3)4;1-14-11-19(12-15(2)23(14)28)24-25-21(17-5-3-16(13-27)4-6-17)22(26-24)18-7-9-20(10-8-18)32(29,30)31/h5-14,16-19,21-22,38H,15,20H2,1-4H3;6-10,12-15,17-18,32H,11,16H2,1-5H3;5-9,11-14,16-17,31H,10,15H2,1-4H3,(H,28,29);3-13,28H,1-2H3,(H,25,26)(H2,29,30,31). The number of aromatic nitrogens is 8. The highest BCUT2D eigenvalue weighted by molar-refractivity contribution is 7.60. The van der Waals surface area contributed by atoms with Crippen LogP contribution in [0.1, 0.15) is 99.0 Å². The van der Waals surface area contributed by atoms with E-state index in [-0.39, 0.29) is 22.7 Å². The number of hydrogen-bond acceptors (Lipinski definition) is 14. The lowest BCUT2D eigenvalue weighted by molar-refractivity contribution is 0.0963. The second-order valence-corrected chi connectivity index (χ2v) is 36.3. The van der Waals surface area contributed by atoms with Crippen molar-refractivity contribution in [3.05, 3.63) is 381 Å². The Bertz CT molecular complexity index is 6950. The van der Waals surface area contributed by atoms with Gasteiger partial charge in [0, 0.05) is 133 Å². The molecule has 0 amide bonds. The Kier molecular flexibility index (Phi) is 29.7. The predicted molar refractivity (Wildman–Crippen MR) is 544 cm³/mol. The molecular weight excluding hydrogens is 1690 g/mol. The Morgan fingerprint density at radius 3 is 1.09 bits per heavy atom. The zero-order chi connectivity index (χ0) is 95.3. The summed E-state index contributed by atoms with van der Waals surface area (Å²) < 4.78 is 15.5. The Morgan fingerprint density at radius 1 is 0.358 bits per heavy atom. The minimum Gasteiger partial charge on any atom is -0.507 e. The lowest BCUT2D eigenvalue weighted by atomic mass is 10.0. The first-order valence-electron chi connectivity index (χ1n) is 44.6. The molecule has 8 N–H and O–H groups in total. The number of aryl methyl sites for hydroxylation is 14. The van der Waals surface area contributed by atoms with Crippen molar-refractivity contribution in [1.82, 2.24) is 39.0 Å². The van der Waals surface area contributed by atoms with Crippen LogP contribution in [-0.2, 0) is 50.1 Å². The van der Waals surface area contributed by atoms with Gasteiger partial charge in [0.2, 0.25) is 0 Å². The fourth-order valence-electron chi connectivity index (χ4n) is 16.7. The number of H-pyrrole nitrogens is 2. The number of phenols is 4. The number of benzene rings is 13. The number of aldehydes is 1. The fraction of sp³-hybridized carbons (Fsp3) is 0.186. The smallest absolute Gasteiger partial charge is 0.356 e. The number of hydrogen-bond donors (Lipinski definition) is 8. The maximum absolute atomic E-state index is 14.2. The summed E-state index contributed by atoms with van der Waals surface area (Å²) in [6, 6.07) is 94.7. The fourth-order valence-corrected chi connectivity index (χ4v) is 17.2. The molecule has 0 radical (unpaired) electrons. The molecule has 4 heterocycles. The molecule has 134 heavy (non-hydrogen) atoms. The zero-order valence-electron chi connectivity index (χ0n) is 78.4. The van der Waals surface area contributed by atoms with Crippen LogP contribution in [0.5, 0.6) is 23.0 Å². The number of phenolic OH excluding ortho intramolecular Hbond substituents is 4. The topological polar surface area (TPSA) is 275 Å². The quantitative estimate of drug-likeness (QED) is 0.0206. The molecule has 0 fully saturated rings. The third-order valence-electron chi connectivity index (χ3n) is 24.1. The van der Waals surface area contributed by atoms with Gasteiger partial charge in [-0.05, 0) is 264 Å². The first kappa shape index (κ1) is 94.9. The Labute approximate surface area is 784 Å². The van der Waals surface area contributed by atoms with Crippen LogP contribution in [-0.4, -0.2) is 124 Å². The van der Waals surface area contributed by atoms with Gasteiger partial charge in [0.1, 0.15) is 52.6 Å². The molecule has 0 saturated carbocycles. The van der Waals surface area contributed by atoms with Gasteiger partial charge in [0.05, 0.1) is 45.2 Å². The normalized spacial score (nSPS) is 11.1. The third-order valence-corrected chi connectivity index (χ3v) is 25.1. The SMILES string of the molecule is Cc1cc(-c2nc(-c3ccc(C=O)cc3)c(-c3ccc(P(=O)(O)O)cc3)[nH]2)cc(C)c1O.Cc1cc(-c2nc(-c3ccc(N(C)C)cc3)c(CCc3ccccc3)[nH]2)cc(C)c1O.Cc1cc(-c2nc(CCc3ccccc3)c(-c3ccc(N(C)C)cc3)n2C(=O)c2ccccc2)cc(C)c1O.Cc1cc(-c2nc(CCc3ccccc3)c(-c3ccc(N(C)C)cc3)n2C)cc(C)c1O. The number of carbonyl (C=O) groups is 2. The summed E-state index contributed by atoms with van der Waals surface area (Å²) in [5.41, 5.74) is 30.3. The van der Waals surface area contributed by atoms with E-state index < -0.39 is 7.60 Å². The lowest BCUT2D eigenvalue weighted by Crippen LogP contribution is -2.15. The first-order valence-corrected chi connectivity index (χ1v) is 46.2. The number of aromatic amines is 2. The molecule has 0 spiro atoms. The highest BCUT2D eigenvalue weighted by Gasteiger charge is 2.29. The van der Waals surface area contributed by atoms with E-state index in [1.165, 1.54) is 34.5 Å². The van der Waals surface area contributed by atoms with Crippen LogP contribution < -0.4 is 20.0 Å². The highest BCUT2D eigenvalue weighted by Crippen LogP contribution is 2.42. The van der Waals surface area contributed by atoms with E-state index in [1.807, 2.05) is 187 Å². The summed E-state index contributed by atoms with van der Waals surface area (Å²) in [5, 5.41) is 40.9. The lowest BCUT2D eigenvalue weighted by Gasteiger charge is -2.15. The van der Waals surface area contributed by atoms with Crippen molar-refractivity contribution in [2.45, 2.75) is 93.9 Å². The minimum absolute atomic E-state index is 0.0670. The van der Waals surface area contributed by atoms with Crippen LogP contribution in [0.25, 0.3) is 102 Å². The molecule has 0 aliphatic heterocycles. The van der Waals surface area contributed by atoms with E-state index >= 15 is 0 Å². The van der Waals surface area contributed by atoms with Gasteiger partial charge in [0.25, 0.3) is 5.91 Å². The van der Waals surface area contributed by atoms with E-state index in [0.717, 1.165) is 185 Å². The van der Waals surface area contributed by atoms with E-state index in [2.05, 4.69) is 190 Å². The van der Waals surface area contributed by atoms with E-state index in [4.69, 9.17) is 19.9 Å². The molecule has 17 aromatic rings. The number of nitrogens with zero attached hydrogens (tertiary/aromatic N) is 9. The van der Waals surface area contributed by atoms with Crippen molar-refractivity contribution in [3.8, 4) is 125 Å². The van der Waals surface area contributed by atoms with E-state index in [9.17, 15) is 44.4 Å². The summed E-state index contributed by atoms with van der Waals surface area (Å²) in [4.78, 5) is 77.2. The molecule has 0 saturated heterocycles. The van der Waals surface area contributed by atoms with Crippen molar-refractivity contribution >= 4 is 42.2 Å². The Hall–Kier alpha value is -15.2. The molecule has 0 bridgehead atoms. The van der Waals surface area contributed by atoms with Crippen molar-refractivity contribution in [3.63, 3.8) is 0 Å². The summed E-state index contributed by atoms with van der Waals surface area (Å²) in [7, 11) is 9.95. The summed E-state index contributed by atoms with van der Waals surface area (Å²) in [6.07, 6.45) is 5.85. The molecule has 0 aliphatic carbocycles. The Morgan fingerprint density at radius 2 is 0.687 bits per heavy atom. The van der Waals surface area contributed by atoms with Gasteiger partial charge in [-0.15, -0.1) is 0 Å². The molecule has 13 aromatic carbocycles. The van der Waals surface area contributed by atoms with Crippen LogP contribution in [0.2, 0.25) is 0 Å². The second kappa shape index (κ2) is 41.9. The highest BCUT2D eigenvalue weighted by atomic mass is 31.2. The molecule has 4 aromatic heterocycles. The first-order chi connectivity index (χ1) is 64.3. The van der Waals surface area contributed by atoms with Gasteiger partial charge in [-0.25, -0.2) is 19.9 Å². The average Bonchev–Trinajstić information content (AvgIpc) is 1.61. The van der Waals surface area contributed by atoms with E-state index in [1.54, 1.807) is 41.0 Å². The Balaban J connectivity index is 0.000000144. The monoisotopic (exact) mass is 1800 g/mol. The summed E-state index contributed by atoms with van der Waals surface area (Å²) >= 11 is 0. The van der Waals surface area contributed by atoms with Gasteiger partial charge in [-0.1, -0.05) is 182 Å². The maximum Gasteiger partial charge on any atom is 0.356 e. The number of aromatic hydroxyl groups is 4. The van der Waals surface area contributed by atoms with Crippen LogP contribution >= 0.6 is 7.60 Å². The molecule has 21 heteroatoms. The van der Waals surface area contributed by atoms with E-state index in [0.29, 0.717) is 57.6 Å². The number of anilines is 3. The average molecular weight is 1800 g/mol. The molecule has 0 aliphatic rings. The van der Waals surface area contributed by atoms with Gasteiger partial charge in [-0.3, -0.25) is 18.7 Å². The molecule has 17 rings (SSSR count). The molecule has 20 nitrogen and oxygen atoms in total.